The minimum Gasteiger partial charge on any atom is -0.309 e. The summed E-state index contributed by atoms with van der Waals surface area (Å²) in [6.45, 7) is 1.84. The molecule has 0 radical (unpaired) electrons. The Morgan fingerprint density at radius 3 is 1.64 bits per heavy atom. The standard InChI is InChI=1S/C11H22N2O/c1-12(2)7-9-5-6-10(11(9)14)8-13(3)4/h9-10H,5-8H2,1-4H3/t9-,10-/m0/s1. The molecule has 1 aliphatic carbocycles. The predicted octanol–water partition coefficient (Wildman–Crippen LogP) is 0.705. The third-order valence-electron chi connectivity index (χ3n) is 2.84. The summed E-state index contributed by atoms with van der Waals surface area (Å²) in [7, 11) is 8.14. The highest BCUT2D eigenvalue weighted by atomic mass is 16.1. The topological polar surface area (TPSA) is 23.6 Å². The highest BCUT2D eigenvalue weighted by molar-refractivity contribution is 5.85. The zero-order chi connectivity index (χ0) is 10.7. The minimum atomic E-state index is 0.287. The van der Waals surface area contributed by atoms with Crippen molar-refractivity contribution in [2.75, 3.05) is 41.3 Å². The van der Waals surface area contributed by atoms with Crippen LogP contribution in [-0.4, -0.2) is 56.9 Å². The SMILES string of the molecule is CN(C)C[C@@H]1CC[C@@H](CN(C)C)C1=O. The molecule has 1 aliphatic rings. The summed E-state index contributed by atoms with van der Waals surface area (Å²) in [6, 6.07) is 0. The molecule has 82 valence electrons. The second kappa shape index (κ2) is 4.89. The molecule has 0 aromatic rings. The first-order valence-electron chi connectivity index (χ1n) is 5.34. The van der Waals surface area contributed by atoms with E-state index in [9.17, 15) is 4.79 Å². The number of hydrogen-bond donors (Lipinski definition) is 0. The molecule has 14 heavy (non-hydrogen) atoms. The van der Waals surface area contributed by atoms with Crippen LogP contribution in [0.15, 0.2) is 0 Å². The molecule has 0 aliphatic heterocycles. The third kappa shape index (κ3) is 3.07. The van der Waals surface area contributed by atoms with Gasteiger partial charge in [0.2, 0.25) is 0 Å². The molecule has 0 aromatic heterocycles. The number of Topliss-reactive ketones (excluding diaryl/α,β-unsaturated/α-hetero) is 1. The zero-order valence-corrected chi connectivity index (χ0v) is 9.79. The quantitative estimate of drug-likeness (QED) is 0.664. The molecule has 3 heteroatoms. The normalized spacial score (nSPS) is 28.0. The van der Waals surface area contributed by atoms with Crippen LogP contribution in [0.1, 0.15) is 12.8 Å². The summed E-state index contributed by atoms with van der Waals surface area (Å²) >= 11 is 0. The van der Waals surface area contributed by atoms with Crippen molar-refractivity contribution in [1.82, 2.24) is 9.80 Å². The number of nitrogens with zero attached hydrogens (tertiary/aromatic N) is 2. The molecule has 0 unspecified atom stereocenters. The molecule has 0 heterocycles. The van der Waals surface area contributed by atoms with E-state index < -0.39 is 0 Å². The van der Waals surface area contributed by atoms with Gasteiger partial charge in [-0.15, -0.1) is 0 Å². The minimum absolute atomic E-state index is 0.287. The fraction of sp³-hybridized carbons (Fsp3) is 0.909. The summed E-state index contributed by atoms with van der Waals surface area (Å²) < 4.78 is 0. The summed E-state index contributed by atoms with van der Waals surface area (Å²) in [5.41, 5.74) is 0. The van der Waals surface area contributed by atoms with Crippen LogP contribution in [0, 0.1) is 11.8 Å². The number of hydrogen-bond acceptors (Lipinski definition) is 3. The summed E-state index contributed by atoms with van der Waals surface area (Å²) in [6.07, 6.45) is 2.16. The molecule has 3 nitrogen and oxygen atoms in total. The van der Waals surface area contributed by atoms with E-state index >= 15 is 0 Å². The maximum absolute atomic E-state index is 11.9. The fourth-order valence-corrected chi connectivity index (χ4v) is 2.26. The first-order chi connectivity index (χ1) is 6.50. The van der Waals surface area contributed by atoms with E-state index in [4.69, 9.17) is 0 Å². The molecule has 0 spiro atoms. The van der Waals surface area contributed by atoms with E-state index in [1.54, 1.807) is 0 Å². The van der Waals surface area contributed by atoms with Crippen LogP contribution < -0.4 is 0 Å². The van der Waals surface area contributed by atoms with Crippen molar-refractivity contribution in [1.29, 1.82) is 0 Å². The van der Waals surface area contributed by atoms with Crippen molar-refractivity contribution in [3.63, 3.8) is 0 Å². The van der Waals surface area contributed by atoms with Crippen molar-refractivity contribution >= 4 is 5.78 Å². The first kappa shape index (κ1) is 11.7. The number of carbonyl (C=O) groups excluding carboxylic acids is 1. The molecule has 0 amide bonds. The highest BCUT2D eigenvalue weighted by Crippen LogP contribution is 2.27. The molecule has 0 aromatic carbocycles. The Morgan fingerprint density at radius 1 is 1.00 bits per heavy atom. The maximum Gasteiger partial charge on any atom is 0.141 e. The highest BCUT2D eigenvalue weighted by Gasteiger charge is 2.34. The number of ketones is 1. The number of carbonyl (C=O) groups is 1. The molecule has 1 rings (SSSR count). The Morgan fingerprint density at radius 2 is 1.36 bits per heavy atom. The van der Waals surface area contributed by atoms with Crippen LogP contribution in [0.4, 0.5) is 0 Å². The summed E-state index contributed by atoms with van der Waals surface area (Å²) in [5.74, 6) is 1.05. The smallest absolute Gasteiger partial charge is 0.141 e. The zero-order valence-electron chi connectivity index (χ0n) is 9.79. The van der Waals surface area contributed by atoms with Crippen LogP contribution in [0.25, 0.3) is 0 Å². The van der Waals surface area contributed by atoms with Crippen LogP contribution in [0.5, 0.6) is 0 Å². The molecule has 1 saturated carbocycles. The lowest BCUT2D eigenvalue weighted by molar-refractivity contribution is -0.124. The third-order valence-corrected chi connectivity index (χ3v) is 2.84. The molecule has 0 bridgehead atoms. The monoisotopic (exact) mass is 198 g/mol. The van der Waals surface area contributed by atoms with E-state index in [2.05, 4.69) is 9.80 Å². The van der Waals surface area contributed by atoms with Crippen LogP contribution >= 0.6 is 0 Å². The Bertz CT molecular complexity index is 181. The molecule has 2 atom stereocenters. The Hall–Kier alpha value is -0.410. The van der Waals surface area contributed by atoms with E-state index in [1.165, 1.54) is 0 Å². The second-order valence-corrected chi connectivity index (χ2v) is 4.90. The van der Waals surface area contributed by atoms with Crippen molar-refractivity contribution in [2.45, 2.75) is 12.8 Å². The first-order valence-corrected chi connectivity index (χ1v) is 5.34. The lowest BCUT2D eigenvalue weighted by Crippen LogP contribution is -2.30. The van der Waals surface area contributed by atoms with Gasteiger partial charge in [-0.05, 0) is 41.0 Å². The van der Waals surface area contributed by atoms with Gasteiger partial charge >= 0.3 is 0 Å². The maximum atomic E-state index is 11.9. The van der Waals surface area contributed by atoms with Gasteiger partial charge in [0.25, 0.3) is 0 Å². The van der Waals surface area contributed by atoms with Crippen LogP contribution in [-0.2, 0) is 4.79 Å². The van der Waals surface area contributed by atoms with E-state index in [1.807, 2.05) is 28.2 Å². The Labute approximate surface area is 87.1 Å². The van der Waals surface area contributed by atoms with Gasteiger partial charge in [-0.2, -0.15) is 0 Å². The molecule has 1 fully saturated rings. The van der Waals surface area contributed by atoms with Gasteiger partial charge in [-0.3, -0.25) is 4.79 Å². The largest absolute Gasteiger partial charge is 0.309 e. The van der Waals surface area contributed by atoms with Gasteiger partial charge in [-0.1, -0.05) is 0 Å². The Kier molecular flexibility index (Phi) is 4.08. The average Bonchev–Trinajstić information content (AvgIpc) is 2.34. The van der Waals surface area contributed by atoms with Crippen molar-refractivity contribution < 1.29 is 4.79 Å². The lowest BCUT2D eigenvalue weighted by atomic mass is 10.0. The summed E-state index contributed by atoms with van der Waals surface area (Å²) in [5, 5.41) is 0. The van der Waals surface area contributed by atoms with Crippen molar-refractivity contribution in [3.8, 4) is 0 Å². The number of rotatable bonds is 4. The molecule has 0 N–H and O–H groups in total. The fourth-order valence-electron chi connectivity index (χ4n) is 2.26. The van der Waals surface area contributed by atoms with Crippen LogP contribution in [0.3, 0.4) is 0 Å². The van der Waals surface area contributed by atoms with E-state index in [-0.39, 0.29) is 11.8 Å². The Balaban J connectivity index is 2.43. The second-order valence-electron chi connectivity index (χ2n) is 4.90. The lowest BCUT2D eigenvalue weighted by Gasteiger charge is -2.17. The van der Waals surface area contributed by atoms with Gasteiger partial charge in [0.1, 0.15) is 5.78 Å². The van der Waals surface area contributed by atoms with E-state index in [0.717, 1.165) is 25.9 Å². The van der Waals surface area contributed by atoms with Crippen LogP contribution in [0.2, 0.25) is 0 Å². The average molecular weight is 198 g/mol. The summed E-state index contributed by atoms with van der Waals surface area (Å²) in [4.78, 5) is 16.1. The molecular formula is C11H22N2O. The van der Waals surface area contributed by atoms with Gasteiger partial charge in [-0.25, -0.2) is 0 Å². The van der Waals surface area contributed by atoms with Crippen molar-refractivity contribution in [2.24, 2.45) is 11.8 Å². The molecular weight excluding hydrogens is 176 g/mol. The van der Waals surface area contributed by atoms with Crippen molar-refractivity contribution in [3.05, 3.63) is 0 Å². The van der Waals surface area contributed by atoms with Gasteiger partial charge in [0.15, 0.2) is 0 Å². The van der Waals surface area contributed by atoms with Gasteiger partial charge in [0, 0.05) is 24.9 Å². The molecule has 0 saturated heterocycles. The van der Waals surface area contributed by atoms with E-state index in [0.29, 0.717) is 5.78 Å². The predicted molar refractivity (Wildman–Crippen MR) is 58.3 cm³/mol. The van der Waals surface area contributed by atoms with Gasteiger partial charge < -0.3 is 9.80 Å². The van der Waals surface area contributed by atoms with Gasteiger partial charge in [0.05, 0.1) is 0 Å².